The van der Waals surface area contributed by atoms with E-state index in [1.165, 1.54) is 0 Å². The largest absolute Gasteiger partial charge is 0.481 e. The van der Waals surface area contributed by atoms with Crippen LogP contribution < -0.4 is 0 Å². The first-order chi connectivity index (χ1) is 9.12. The van der Waals surface area contributed by atoms with Crippen LogP contribution in [0.4, 0.5) is 0 Å². The minimum Gasteiger partial charge on any atom is -0.481 e. The zero-order valence-corrected chi connectivity index (χ0v) is 11.5. The van der Waals surface area contributed by atoms with Crippen molar-refractivity contribution in [2.24, 2.45) is 0 Å². The molecule has 0 radical (unpaired) electrons. The fourth-order valence-corrected chi connectivity index (χ4v) is 1.84. The van der Waals surface area contributed by atoms with E-state index in [0.717, 1.165) is 25.7 Å². The third-order valence-electron chi connectivity index (χ3n) is 2.95. The van der Waals surface area contributed by atoms with E-state index >= 15 is 0 Å². The molecule has 0 aromatic heterocycles. The monoisotopic (exact) mass is 270 g/mol. The Kier molecular flexibility index (Phi) is 6.77. The molecule has 1 heterocycles. The lowest BCUT2D eigenvalue weighted by Gasteiger charge is -2.23. The second-order valence-corrected chi connectivity index (χ2v) is 4.40. The van der Waals surface area contributed by atoms with Crippen LogP contribution in [-0.4, -0.2) is 37.4 Å². The van der Waals surface area contributed by atoms with Crippen LogP contribution >= 0.6 is 0 Å². The molecule has 2 unspecified atom stereocenters. The van der Waals surface area contributed by atoms with Crippen LogP contribution in [0.2, 0.25) is 0 Å². The van der Waals surface area contributed by atoms with Crippen molar-refractivity contribution in [3.63, 3.8) is 0 Å². The van der Waals surface area contributed by atoms with Crippen LogP contribution in [0.15, 0.2) is 24.3 Å². The Morgan fingerprint density at radius 3 is 2.79 bits per heavy atom. The highest BCUT2D eigenvalue weighted by molar-refractivity contribution is 5.66. The summed E-state index contributed by atoms with van der Waals surface area (Å²) in [7, 11) is 3.16. The third kappa shape index (κ3) is 5.55. The topological polar surface area (TPSA) is 65.0 Å². The summed E-state index contributed by atoms with van der Waals surface area (Å²) in [6, 6.07) is 0. The van der Waals surface area contributed by atoms with E-state index in [9.17, 15) is 4.79 Å². The molecule has 0 saturated heterocycles. The number of carboxylic acid groups (broad SMARTS) is 1. The van der Waals surface area contributed by atoms with E-state index in [0.29, 0.717) is 0 Å². The Morgan fingerprint density at radius 2 is 2.21 bits per heavy atom. The number of rotatable bonds is 9. The number of aliphatic carboxylic acids is 1. The predicted molar refractivity (Wildman–Crippen MR) is 70.6 cm³/mol. The third-order valence-corrected chi connectivity index (χ3v) is 2.95. The minimum atomic E-state index is -0.832. The van der Waals surface area contributed by atoms with Crippen molar-refractivity contribution >= 4 is 5.97 Å². The van der Waals surface area contributed by atoms with Crippen molar-refractivity contribution in [2.45, 2.75) is 44.2 Å². The molecule has 0 saturated carbocycles. The van der Waals surface area contributed by atoms with Crippen molar-refractivity contribution in [1.29, 1.82) is 0 Å². The predicted octanol–water partition coefficient (Wildman–Crippen LogP) is 2.48. The Hall–Kier alpha value is -1.17. The molecule has 108 valence electrons. The van der Waals surface area contributed by atoms with E-state index in [4.69, 9.17) is 19.3 Å². The zero-order chi connectivity index (χ0) is 14.1. The van der Waals surface area contributed by atoms with E-state index in [2.05, 4.69) is 0 Å². The highest BCUT2D eigenvalue weighted by Crippen LogP contribution is 2.26. The van der Waals surface area contributed by atoms with Gasteiger partial charge < -0.3 is 19.3 Å². The van der Waals surface area contributed by atoms with E-state index in [1.807, 2.05) is 18.2 Å². The molecule has 0 aromatic carbocycles. The van der Waals surface area contributed by atoms with Gasteiger partial charge in [-0.25, -0.2) is 0 Å². The highest BCUT2D eigenvalue weighted by Gasteiger charge is 2.32. The minimum absolute atomic E-state index is 0.243. The van der Waals surface area contributed by atoms with Gasteiger partial charge in [0.1, 0.15) is 0 Å². The Labute approximate surface area is 113 Å². The maximum atomic E-state index is 10.3. The molecule has 0 aromatic rings. The summed E-state index contributed by atoms with van der Waals surface area (Å²) in [5.41, 5.74) is 0. The summed E-state index contributed by atoms with van der Waals surface area (Å²) in [6.07, 6.45) is 10.8. The van der Waals surface area contributed by atoms with Gasteiger partial charge in [-0.15, -0.1) is 0 Å². The molecule has 1 rings (SSSR count). The first-order valence-corrected chi connectivity index (χ1v) is 6.46. The van der Waals surface area contributed by atoms with Crippen molar-refractivity contribution in [3.05, 3.63) is 24.3 Å². The van der Waals surface area contributed by atoms with E-state index < -0.39 is 11.8 Å². The summed E-state index contributed by atoms with van der Waals surface area (Å²) < 4.78 is 16.0. The maximum Gasteiger partial charge on any atom is 0.303 e. The molecule has 1 aliphatic rings. The van der Waals surface area contributed by atoms with Gasteiger partial charge in [0.05, 0.1) is 0 Å². The quantitative estimate of drug-likeness (QED) is 0.515. The van der Waals surface area contributed by atoms with Crippen molar-refractivity contribution in [3.8, 4) is 0 Å². The van der Waals surface area contributed by atoms with Gasteiger partial charge in [0, 0.05) is 20.6 Å². The summed E-state index contributed by atoms with van der Waals surface area (Å²) in [5.74, 6) is -1.56. The van der Waals surface area contributed by atoms with Crippen LogP contribution in [0, 0.1) is 0 Å². The van der Waals surface area contributed by atoms with Crippen LogP contribution in [0.25, 0.3) is 0 Å². The Bertz CT molecular complexity index is 337. The second-order valence-electron chi connectivity index (χ2n) is 4.40. The first kappa shape index (κ1) is 15.9. The van der Waals surface area contributed by atoms with E-state index in [-0.39, 0.29) is 12.7 Å². The smallest absolute Gasteiger partial charge is 0.303 e. The normalized spacial score (nSPS) is 26.3. The number of ether oxygens (including phenoxy) is 3. The number of allylic oxidation sites excluding steroid dienone is 1. The SMILES string of the molecule is COC1C=CC(C=CCCCCCC(=O)O)(OC)O1. The molecule has 0 amide bonds. The van der Waals surface area contributed by atoms with Crippen molar-refractivity contribution < 1.29 is 24.1 Å². The zero-order valence-electron chi connectivity index (χ0n) is 11.5. The Balaban J connectivity index is 2.24. The molecular weight excluding hydrogens is 248 g/mol. The number of methoxy groups -OCH3 is 2. The molecule has 2 atom stereocenters. The lowest BCUT2D eigenvalue weighted by atomic mass is 10.1. The van der Waals surface area contributed by atoms with Crippen molar-refractivity contribution in [1.82, 2.24) is 0 Å². The fourth-order valence-electron chi connectivity index (χ4n) is 1.84. The molecule has 5 heteroatoms. The van der Waals surface area contributed by atoms with E-state index in [1.54, 1.807) is 20.3 Å². The van der Waals surface area contributed by atoms with Gasteiger partial charge in [0.25, 0.3) is 0 Å². The molecule has 1 aliphatic heterocycles. The average Bonchev–Trinajstić information content (AvgIpc) is 2.82. The lowest BCUT2D eigenvalue weighted by Crippen LogP contribution is -2.29. The summed E-state index contributed by atoms with van der Waals surface area (Å²) in [5, 5.41) is 8.51. The lowest BCUT2D eigenvalue weighted by molar-refractivity contribution is -0.216. The van der Waals surface area contributed by atoms with Crippen LogP contribution in [0.3, 0.4) is 0 Å². The standard InChI is InChI=1S/C14H22O5/c1-17-13-9-11-14(18-2,19-13)10-7-5-3-4-6-8-12(15)16/h7,9-11,13H,3-6,8H2,1-2H3,(H,15,16). The van der Waals surface area contributed by atoms with Gasteiger partial charge in [-0.2, -0.15) is 0 Å². The van der Waals surface area contributed by atoms with Crippen molar-refractivity contribution in [2.75, 3.05) is 14.2 Å². The second kappa shape index (κ2) is 8.09. The van der Waals surface area contributed by atoms with Gasteiger partial charge in [0.2, 0.25) is 5.79 Å². The van der Waals surface area contributed by atoms with Gasteiger partial charge in [-0.05, 0) is 37.5 Å². The maximum absolute atomic E-state index is 10.3. The van der Waals surface area contributed by atoms with Crippen LogP contribution in [-0.2, 0) is 19.0 Å². The Morgan fingerprint density at radius 1 is 1.42 bits per heavy atom. The first-order valence-electron chi connectivity index (χ1n) is 6.46. The fraction of sp³-hybridized carbons (Fsp3) is 0.643. The molecule has 0 aliphatic carbocycles. The summed E-state index contributed by atoms with van der Waals surface area (Å²) in [4.78, 5) is 10.3. The van der Waals surface area contributed by atoms with Crippen LogP contribution in [0.5, 0.6) is 0 Å². The number of unbranched alkanes of at least 4 members (excludes halogenated alkanes) is 3. The number of hydrogen-bond acceptors (Lipinski definition) is 4. The number of carboxylic acids is 1. The average molecular weight is 270 g/mol. The molecule has 1 N–H and O–H groups in total. The van der Waals surface area contributed by atoms with Gasteiger partial charge in [-0.1, -0.05) is 12.5 Å². The molecular formula is C14H22O5. The molecule has 19 heavy (non-hydrogen) atoms. The molecule has 0 fully saturated rings. The molecule has 0 bridgehead atoms. The summed E-state index contributed by atoms with van der Waals surface area (Å²) >= 11 is 0. The molecule has 5 nitrogen and oxygen atoms in total. The van der Waals surface area contributed by atoms with Crippen LogP contribution in [0.1, 0.15) is 32.1 Å². The van der Waals surface area contributed by atoms with Gasteiger partial charge in [-0.3, -0.25) is 4.79 Å². The number of carbonyl (C=O) groups is 1. The van der Waals surface area contributed by atoms with Gasteiger partial charge >= 0.3 is 5.97 Å². The highest BCUT2D eigenvalue weighted by atomic mass is 16.8. The van der Waals surface area contributed by atoms with Gasteiger partial charge in [0.15, 0.2) is 6.29 Å². The number of hydrogen-bond donors (Lipinski definition) is 1. The summed E-state index contributed by atoms with van der Waals surface area (Å²) in [6.45, 7) is 0. The molecule has 0 spiro atoms.